The predicted octanol–water partition coefficient (Wildman–Crippen LogP) is 4.64. The van der Waals surface area contributed by atoms with E-state index in [4.69, 9.17) is 4.74 Å². The van der Waals surface area contributed by atoms with Gasteiger partial charge in [0.15, 0.2) is 0 Å². The minimum absolute atomic E-state index is 0.138. The summed E-state index contributed by atoms with van der Waals surface area (Å²) < 4.78 is 6.01. The van der Waals surface area contributed by atoms with E-state index in [0.717, 1.165) is 6.61 Å². The fourth-order valence-corrected chi connectivity index (χ4v) is 2.53. The highest BCUT2D eigenvalue weighted by molar-refractivity contribution is 5.25. The summed E-state index contributed by atoms with van der Waals surface area (Å²) in [4.78, 5) is 0. The fourth-order valence-electron chi connectivity index (χ4n) is 2.53. The maximum Gasteiger partial charge on any atom is 0.101 e. The van der Waals surface area contributed by atoms with Crippen molar-refractivity contribution in [3.63, 3.8) is 0 Å². The van der Waals surface area contributed by atoms with E-state index in [-0.39, 0.29) is 5.41 Å². The van der Waals surface area contributed by atoms with Crippen molar-refractivity contribution in [3.05, 3.63) is 11.3 Å². The molecule has 0 spiro atoms. The Hall–Kier alpha value is -0.460. The Bertz CT molecular complexity index is 284. The van der Waals surface area contributed by atoms with Crippen molar-refractivity contribution in [2.75, 3.05) is 6.61 Å². The summed E-state index contributed by atoms with van der Waals surface area (Å²) in [5.74, 6) is 2.39. The Morgan fingerprint density at radius 2 is 1.56 bits per heavy atom. The van der Waals surface area contributed by atoms with Crippen LogP contribution in [0.15, 0.2) is 11.3 Å². The second-order valence-electron chi connectivity index (χ2n) is 7.42. The van der Waals surface area contributed by atoms with Crippen LogP contribution in [0.2, 0.25) is 0 Å². The molecule has 0 saturated heterocycles. The minimum Gasteiger partial charge on any atom is -0.497 e. The third kappa shape index (κ3) is 2.61. The number of rotatable bonds is 1. The molecule has 1 rings (SSSR count). The van der Waals surface area contributed by atoms with Crippen LogP contribution in [0, 0.1) is 22.7 Å². The molecule has 1 aliphatic rings. The van der Waals surface area contributed by atoms with Gasteiger partial charge in [-0.25, -0.2) is 0 Å². The van der Waals surface area contributed by atoms with Crippen molar-refractivity contribution in [1.29, 1.82) is 0 Å². The van der Waals surface area contributed by atoms with Crippen molar-refractivity contribution in [2.45, 2.75) is 55.4 Å². The van der Waals surface area contributed by atoms with Crippen LogP contribution in [-0.4, -0.2) is 6.61 Å². The molecule has 0 fully saturated rings. The smallest absolute Gasteiger partial charge is 0.101 e. The predicted molar refractivity (Wildman–Crippen MR) is 70.2 cm³/mol. The van der Waals surface area contributed by atoms with E-state index in [0.29, 0.717) is 17.3 Å². The van der Waals surface area contributed by atoms with E-state index in [1.165, 1.54) is 5.76 Å². The molecule has 1 aliphatic heterocycles. The Balaban J connectivity index is 3.18. The van der Waals surface area contributed by atoms with Crippen molar-refractivity contribution >= 4 is 0 Å². The first-order chi connectivity index (χ1) is 7.05. The van der Waals surface area contributed by atoms with Crippen LogP contribution in [0.25, 0.3) is 0 Å². The van der Waals surface area contributed by atoms with Crippen LogP contribution in [0.1, 0.15) is 55.4 Å². The maximum absolute atomic E-state index is 6.01. The zero-order valence-electron chi connectivity index (χ0n) is 12.3. The van der Waals surface area contributed by atoms with Crippen molar-refractivity contribution in [3.8, 4) is 0 Å². The van der Waals surface area contributed by atoms with Crippen molar-refractivity contribution < 1.29 is 4.74 Å². The van der Waals surface area contributed by atoms with Crippen LogP contribution in [0.5, 0.6) is 0 Å². The normalized spacial score (nSPS) is 22.9. The molecule has 0 saturated carbocycles. The third-order valence-corrected chi connectivity index (χ3v) is 3.38. The highest BCUT2D eigenvalue weighted by Crippen LogP contribution is 2.46. The Morgan fingerprint density at radius 1 is 1.06 bits per heavy atom. The lowest BCUT2D eigenvalue weighted by Crippen LogP contribution is -2.25. The Kier molecular flexibility index (Phi) is 3.47. The second kappa shape index (κ2) is 4.09. The minimum atomic E-state index is 0.138. The highest BCUT2D eigenvalue weighted by Gasteiger charge is 2.40. The SMILES string of the molecule is CC(C)C1=C(C(C)(C)C)OCC1C(C)(C)C. The van der Waals surface area contributed by atoms with E-state index in [1.807, 2.05) is 0 Å². The van der Waals surface area contributed by atoms with E-state index >= 15 is 0 Å². The van der Waals surface area contributed by atoms with Gasteiger partial charge in [-0.2, -0.15) is 0 Å². The average molecular weight is 224 g/mol. The van der Waals surface area contributed by atoms with Crippen LogP contribution in [-0.2, 0) is 4.74 Å². The van der Waals surface area contributed by atoms with Gasteiger partial charge in [0.25, 0.3) is 0 Å². The summed E-state index contributed by atoms with van der Waals surface area (Å²) in [6.07, 6.45) is 0. The molecule has 16 heavy (non-hydrogen) atoms. The van der Waals surface area contributed by atoms with Crippen LogP contribution in [0.3, 0.4) is 0 Å². The van der Waals surface area contributed by atoms with Gasteiger partial charge >= 0.3 is 0 Å². The van der Waals surface area contributed by atoms with Gasteiger partial charge in [-0.05, 0) is 16.9 Å². The molecule has 1 heterocycles. The summed E-state index contributed by atoms with van der Waals surface area (Å²) >= 11 is 0. The van der Waals surface area contributed by atoms with Gasteiger partial charge < -0.3 is 4.74 Å². The molecular weight excluding hydrogens is 196 g/mol. The number of hydrogen-bond donors (Lipinski definition) is 0. The monoisotopic (exact) mass is 224 g/mol. The fraction of sp³-hybridized carbons (Fsp3) is 0.867. The van der Waals surface area contributed by atoms with E-state index in [1.54, 1.807) is 5.57 Å². The van der Waals surface area contributed by atoms with E-state index in [2.05, 4.69) is 55.4 Å². The third-order valence-electron chi connectivity index (χ3n) is 3.38. The van der Waals surface area contributed by atoms with Gasteiger partial charge in [0.1, 0.15) is 5.76 Å². The summed E-state index contributed by atoms with van der Waals surface area (Å²) in [5.41, 5.74) is 1.98. The molecule has 0 bridgehead atoms. The molecule has 0 aromatic rings. The largest absolute Gasteiger partial charge is 0.497 e. The number of allylic oxidation sites excluding steroid dienone is 1. The highest BCUT2D eigenvalue weighted by atomic mass is 16.5. The summed E-state index contributed by atoms with van der Waals surface area (Å²) in [6.45, 7) is 19.1. The Labute approximate surface area is 101 Å². The molecule has 0 radical (unpaired) electrons. The average Bonchev–Trinajstić information content (AvgIpc) is 2.43. The molecular formula is C15H28O. The molecule has 0 aliphatic carbocycles. The maximum atomic E-state index is 6.01. The van der Waals surface area contributed by atoms with Crippen LogP contribution in [0.4, 0.5) is 0 Å². The second-order valence-corrected chi connectivity index (χ2v) is 7.42. The van der Waals surface area contributed by atoms with Crippen molar-refractivity contribution in [1.82, 2.24) is 0 Å². The van der Waals surface area contributed by atoms with Crippen LogP contribution >= 0.6 is 0 Å². The van der Waals surface area contributed by atoms with Gasteiger partial charge in [0.05, 0.1) is 6.61 Å². The van der Waals surface area contributed by atoms with E-state index in [9.17, 15) is 0 Å². The molecule has 0 N–H and O–H groups in total. The number of ether oxygens (including phenoxy) is 1. The van der Waals surface area contributed by atoms with Gasteiger partial charge in [-0.1, -0.05) is 55.4 Å². The van der Waals surface area contributed by atoms with Gasteiger partial charge in [0, 0.05) is 11.3 Å². The first-order valence-electron chi connectivity index (χ1n) is 6.42. The lowest BCUT2D eigenvalue weighted by molar-refractivity contribution is 0.132. The standard InChI is InChI=1S/C15H28O/c1-10(2)12-11(14(3,4)5)9-16-13(12)15(6,7)8/h10-11H,9H2,1-8H3. The zero-order chi connectivity index (χ0) is 12.7. The summed E-state index contributed by atoms with van der Waals surface area (Å²) in [7, 11) is 0. The topological polar surface area (TPSA) is 9.23 Å². The van der Waals surface area contributed by atoms with Gasteiger partial charge in [-0.3, -0.25) is 0 Å². The molecule has 94 valence electrons. The van der Waals surface area contributed by atoms with Crippen molar-refractivity contribution in [2.24, 2.45) is 22.7 Å². The van der Waals surface area contributed by atoms with Gasteiger partial charge in [-0.15, -0.1) is 0 Å². The number of hydrogen-bond acceptors (Lipinski definition) is 1. The van der Waals surface area contributed by atoms with E-state index < -0.39 is 0 Å². The first kappa shape index (κ1) is 13.6. The lowest BCUT2D eigenvalue weighted by atomic mass is 9.72. The van der Waals surface area contributed by atoms with Crippen LogP contribution < -0.4 is 0 Å². The van der Waals surface area contributed by atoms with Gasteiger partial charge in [0.2, 0.25) is 0 Å². The summed E-state index contributed by atoms with van der Waals surface area (Å²) in [6, 6.07) is 0. The zero-order valence-corrected chi connectivity index (χ0v) is 12.3. The molecule has 0 aromatic heterocycles. The quantitative estimate of drug-likeness (QED) is 0.630. The molecule has 0 aromatic carbocycles. The molecule has 1 atom stereocenters. The molecule has 0 amide bonds. The summed E-state index contributed by atoms with van der Waals surface area (Å²) in [5, 5.41) is 0. The first-order valence-corrected chi connectivity index (χ1v) is 6.42. The molecule has 1 unspecified atom stereocenters. The molecule has 1 nitrogen and oxygen atoms in total. The molecule has 1 heteroatoms. The lowest BCUT2D eigenvalue weighted by Gasteiger charge is -2.30. The Morgan fingerprint density at radius 3 is 1.88 bits per heavy atom.